The maximum atomic E-state index is 11.2. The minimum Gasteiger partial charge on any atom is -0.450 e. The van der Waals surface area contributed by atoms with E-state index in [0.717, 1.165) is 5.56 Å². The van der Waals surface area contributed by atoms with Crippen molar-refractivity contribution in [3.8, 4) is 11.5 Å². The number of hydrogen-bond acceptors (Lipinski definition) is 4. The molecular weight excluding hydrogens is 336 g/mol. The Bertz CT molecular complexity index is 687. The van der Waals surface area contributed by atoms with Gasteiger partial charge in [-0.25, -0.2) is 0 Å². The number of rotatable bonds is 4. The molecular formula is C15H15BrN2O3. The molecule has 0 radical (unpaired) electrons. The van der Waals surface area contributed by atoms with Gasteiger partial charge in [0.05, 0.1) is 4.92 Å². The lowest BCUT2D eigenvalue weighted by atomic mass is 10.1. The standard InChI is InChI=1S/C15H15BrN2O3/c1-9-6-12(16)8-14(18(19)20)15(9)21-13-5-3-4-11(7-13)10(2)17/h3-8,10H,17H2,1-2H3. The fourth-order valence-electron chi connectivity index (χ4n) is 1.96. The maximum Gasteiger partial charge on any atom is 0.312 e. The second-order valence-corrected chi connectivity index (χ2v) is 5.71. The minimum absolute atomic E-state index is 0.0759. The molecule has 0 heterocycles. The first-order valence-corrected chi connectivity index (χ1v) is 7.15. The van der Waals surface area contributed by atoms with Crippen LogP contribution in [0.4, 0.5) is 5.69 Å². The van der Waals surface area contributed by atoms with Gasteiger partial charge >= 0.3 is 5.69 Å². The molecule has 21 heavy (non-hydrogen) atoms. The Hall–Kier alpha value is -1.92. The average Bonchev–Trinajstić information content (AvgIpc) is 2.41. The zero-order valence-corrected chi connectivity index (χ0v) is 13.3. The van der Waals surface area contributed by atoms with Crippen molar-refractivity contribution in [3.05, 3.63) is 62.1 Å². The molecule has 0 aliphatic rings. The smallest absolute Gasteiger partial charge is 0.312 e. The zero-order valence-electron chi connectivity index (χ0n) is 11.7. The van der Waals surface area contributed by atoms with E-state index in [2.05, 4.69) is 15.9 Å². The molecule has 5 nitrogen and oxygen atoms in total. The molecule has 6 heteroatoms. The lowest BCUT2D eigenvalue weighted by Crippen LogP contribution is -2.04. The van der Waals surface area contributed by atoms with Gasteiger partial charge in [0.1, 0.15) is 5.75 Å². The van der Waals surface area contributed by atoms with Gasteiger partial charge in [0.25, 0.3) is 0 Å². The summed E-state index contributed by atoms with van der Waals surface area (Å²) in [6, 6.07) is 10.3. The summed E-state index contributed by atoms with van der Waals surface area (Å²) in [7, 11) is 0. The summed E-state index contributed by atoms with van der Waals surface area (Å²) < 4.78 is 6.37. The molecule has 0 aliphatic carbocycles. The molecule has 0 aliphatic heterocycles. The Morgan fingerprint density at radius 3 is 2.67 bits per heavy atom. The van der Waals surface area contributed by atoms with Gasteiger partial charge in [-0.15, -0.1) is 0 Å². The number of ether oxygens (including phenoxy) is 1. The van der Waals surface area contributed by atoms with Gasteiger partial charge in [0, 0.05) is 16.6 Å². The van der Waals surface area contributed by atoms with E-state index in [1.807, 2.05) is 19.1 Å². The molecule has 1 atom stereocenters. The topological polar surface area (TPSA) is 78.4 Å². The van der Waals surface area contributed by atoms with Crippen LogP contribution in [-0.4, -0.2) is 4.92 Å². The molecule has 0 saturated heterocycles. The first-order chi connectivity index (χ1) is 9.88. The van der Waals surface area contributed by atoms with E-state index >= 15 is 0 Å². The van der Waals surface area contributed by atoms with Crippen molar-refractivity contribution in [2.45, 2.75) is 19.9 Å². The van der Waals surface area contributed by atoms with E-state index in [9.17, 15) is 10.1 Å². The molecule has 0 saturated carbocycles. The number of hydrogen-bond donors (Lipinski definition) is 1. The fourth-order valence-corrected chi connectivity index (χ4v) is 2.52. The molecule has 2 rings (SSSR count). The van der Waals surface area contributed by atoms with Crippen molar-refractivity contribution in [2.75, 3.05) is 0 Å². The van der Waals surface area contributed by atoms with Gasteiger partial charge < -0.3 is 10.5 Å². The number of halogens is 1. The van der Waals surface area contributed by atoms with Crippen LogP contribution in [0.1, 0.15) is 24.1 Å². The molecule has 1 unspecified atom stereocenters. The van der Waals surface area contributed by atoms with Crippen molar-refractivity contribution < 1.29 is 9.66 Å². The zero-order chi connectivity index (χ0) is 15.6. The highest BCUT2D eigenvalue weighted by Gasteiger charge is 2.19. The molecule has 2 N–H and O–H groups in total. The van der Waals surface area contributed by atoms with E-state index < -0.39 is 4.92 Å². The van der Waals surface area contributed by atoms with Crippen LogP contribution in [0.15, 0.2) is 40.9 Å². The van der Waals surface area contributed by atoms with Gasteiger partial charge in [-0.2, -0.15) is 0 Å². The van der Waals surface area contributed by atoms with Gasteiger partial charge in [-0.1, -0.05) is 28.1 Å². The predicted molar refractivity (Wildman–Crippen MR) is 84.7 cm³/mol. The third kappa shape index (κ3) is 3.59. The van der Waals surface area contributed by atoms with Gasteiger partial charge in [0.2, 0.25) is 5.75 Å². The number of nitrogens with two attached hydrogens (primary N) is 1. The SMILES string of the molecule is Cc1cc(Br)cc([N+](=O)[O-])c1Oc1cccc(C(C)N)c1. The number of benzene rings is 2. The fraction of sp³-hybridized carbons (Fsp3) is 0.200. The maximum absolute atomic E-state index is 11.2. The van der Waals surface area contributed by atoms with Crippen LogP contribution in [0.3, 0.4) is 0 Å². The van der Waals surface area contributed by atoms with Gasteiger partial charge in [0.15, 0.2) is 0 Å². The highest BCUT2D eigenvalue weighted by molar-refractivity contribution is 9.10. The van der Waals surface area contributed by atoms with Crippen LogP contribution in [0.25, 0.3) is 0 Å². The molecule has 0 fully saturated rings. The highest BCUT2D eigenvalue weighted by Crippen LogP contribution is 2.37. The van der Waals surface area contributed by atoms with Gasteiger partial charge in [-0.3, -0.25) is 10.1 Å². The Labute approximate surface area is 131 Å². The molecule has 110 valence electrons. The van der Waals surface area contributed by atoms with Crippen molar-refractivity contribution in [2.24, 2.45) is 5.73 Å². The first-order valence-electron chi connectivity index (χ1n) is 6.36. The lowest BCUT2D eigenvalue weighted by Gasteiger charge is -2.12. The first kappa shape index (κ1) is 15.5. The van der Waals surface area contributed by atoms with Gasteiger partial charge in [-0.05, 0) is 43.2 Å². The van der Waals surface area contributed by atoms with Crippen LogP contribution >= 0.6 is 15.9 Å². The number of aryl methyl sites for hydroxylation is 1. The molecule has 0 amide bonds. The molecule has 0 aromatic heterocycles. The van der Waals surface area contributed by atoms with Crippen molar-refractivity contribution in [1.29, 1.82) is 0 Å². The number of nitro groups is 1. The summed E-state index contributed by atoms with van der Waals surface area (Å²) in [5.41, 5.74) is 7.35. The van der Waals surface area contributed by atoms with E-state index in [-0.39, 0.29) is 17.5 Å². The molecule has 0 bridgehead atoms. The second kappa shape index (κ2) is 6.24. The van der Waals surface area contributed by atoms with E-state index in [4.69, 9.17) is 10.5 Å². The summed E-state index contributed by atoms with van der Waals surface area (Å²) in [6.07, 6.45) is 0. The number of nitro benzene ring substituents is 1. The van der Waals surface area contributed by atoms with Crippen LogP contribution in [0.5, 0.6) is 11.5 Å². The number of nitrogens with zero attached hydrogens (tertiary/aromatic N) is 1. The van der Waals surface area contributed by atoms with E-state index in [1.165, 1.54) is 6.07 Å². The van der Waals surface area contributed by atoms with Crippen LogP contribution in [-0.2, 0) is 0 Å². The third-order valence-electron chi connectivity index (χ3n) is 3.02. The highest BCUT2D eigenvalue weighted by atomic mass is 79.9. The van der Waals surface area contributed by atoms with Crippen molar-refractivity contribution in [1.82, 2.24) is 0 Å². The van der Waals surface area contributed by atoms with E-state index in [1.54, 1.807) is 25.1 Å². The average molecular weight is 351 g/mol. The summed E-state index contributed by atoms with van der Waals surface area (Å²) in [5, 5.41) is 11.2. The quantitative estimate of drug-likeness (QED) is 0.651. The predicted octanol–water partition coefficient (Wildman–Crippen LogP) is 4.48. The summed E-state index contributed by atoms with van der Waals surface area (Å²) in [5.74, 6) is 0.767. The third-order valence-corrected chi connectivity index (χ3v) is 3.48. The minimum atomic E-state index is -0.456. The summed E-state index contributed by atoms with van der Waals surface area (Å²) in [6.45, 7) is 3.63. The molecule has 2 aromatic carbocycles. The monoisotopic (exact) mass is 350 g/mol. The van der Waals surface area contributed by atoms with E-state index in [0.29, 0.717) is 15.8 Å². The largest absolute Gasteiger partial charge is 0.450 e. The Morgan fingerprint density at radius 2 is 2.05 bits per heavy atom. The van der Waals surface area contributed by atoms with Crippen molar-refractivity contribution >= 4 is 21.6 Å². The van der Waals surface area contributed by atoms with Crippen LogP contribution < -0.4 is 10.5 Å². The lowest BCUT2D eigenvalue weighted by molar-refractivity contribution is -0.385. The second-order valence-electron chi connectivity index (χ2n) is 4.79. The molecule has 2 aromatic rings. The Morgan fingerprint density at radius 1 is 1.33 bits per heavy atom. The molecule has 0 spiro atoms. The summed E-state index contributed by atoms with van der Waals surface area (Å²) in [4.78, 5) is 10.7. The van der Waals surface area contributed by atoms with Crippen molar-refractivity contribution in [3.63, 3.8) is 0 Å². The van der Waals surface area contributed by atoms with Crippen LogP contribution in [0.2, 0.25) is 0 Å². The normalized spacial score (nSPS) is 12.0. The Balaban J connectivity index is 2.44. The summed E-state index contributed by atoms with van der Waals surface area (Å²) >= 11 is 3.26. The van der Waals surface area contributed by atoms with Crippen LogP contribution in [0, 0.1) is 17.0 Å². The Kier molecular flexibility index (Phi) is 4.59.